The smallest absolute Gasteiger partial charge is 0.123 e. The Morgan fingerprint density at radius 2 is 2.08 bits per heavy atom. The first-order valence-corrected chi connectivity index (χ1v) is 9.55. The Kier molecular flexibility index (Phi) is 3.61. The van der Waals surface area contributed by atoms with E-state index in [9.17, 15) is 0 Å². The molecule has 2 aliphatic rings. The summed E-state index contributed by atoms with van der Waals surface area (Å²) >= 11 is 6.31. The molecule has 5 rings (SSSR count). The maximum absolute atomic E-state index is 6.31. The molecule has 1 fully saturated rings. The molecule has 3 heterocycles. The number of fused-ring (bicyclic) bond motifs is 3. The van der Waals surface area contributed by atoms with Gasteiger partial charge in [0.2, 0.25) is 0 Å². The van der Waals surface area contributed by atoms with E-state index < -0.39 is 0 Å². The maximum Gasteiger partial charge on any atom is 0.123 e. The van der Waals surface area contributed by atoms with Gasteiger partial charge in [0.1, 0.15) is 5.75 Å². The lowest BCUT2D eigenvalue weighted by Crippen LogP contribution is -2.36. The van der Waals surface area contributed by atoms with Crippen LogP contribution in [0.4, 0.5) is 5.69 Å². The number of benzene rings is 2. The molecule has 1 saturated heterocycles. The van der Waals surface area contributed by atoms with Crippen LogP contribution in [0.5, 0.6) is 5.75 Å². The van der Waals surface area contributed by atoms with Crippen LogP contribution in [0.2, 0.25) is 5.02 Å². The Bertz CT molecular complexity index is 997. The zero-order valence-electron chi connectivity index (χ0n) is 14.8. The van der Waals surface area contributed by atoms with E-state index in [0.717, 1.165) is 43.3 Å². The summed E-state index contributed by atoms with van der Waals surface area (Å²) in [5.41, 5.74) is 3.93. The number of hydrogen-bond acceptors (Lipinski definition) is 3. The fourth-order valence-corrected chi connectivity index (χ4v) is 4.85. The maximum atomic E-state index is 6.31. The Balaban J connectivity index is 1.58. The van der Waals surface area contributed by atoms with Crippen molar-refractivity contribution in [3.63, 3.8) is 0 Å². The van der Waals surface area contributed by atoms with Gasteiger partial charge in [-0.15, -0.1) is 0 Å². The van der Waals surface area contributed by atoms with Gasteiger partial charge in [-0.2, -0.15) is 0 Å². The van der Waals surface area contributed by atoms with Gasteiger partial charge in [-0.1, -0.05) is 29.8 Å². The molecule has 0 radical (unpaired) electrons. The first kappa shape index (κ1) is 16.0. The summed E-state index contributed by atoms with van der Waals surface area (Å²) in [5, 5.41) is 3.31. The Morgan fingerprint density at radius 1 is 1.15 bits per heavy atom. The number of hydrogen-bond donors (Lipinski definition) is 0. The first-order chi connectivity index (χ1) is 12.7. The number of aromatic nitrogens is 1. The molecule has 0 aliphatic carbocycles. The third-order valence-corrected chi connectivity index (χ3v) is 6.25. The van der Waals surface area contributed by atoms with Crippen LogP contribution in [0, 0.1) is 6.92 Å². The van der Waals surface area contributed by atoms with Crippen LogP contribution in [0.15, 0.2) is 48.8 Å². The van der Waals surface area contributed by atoms with Gasteiger partial charge in [-0.3, -0.25) is 4.98 Å². The lowest BCUT2D eigenvalue weighted by Gasteiger charge is -2.36. The van der Waals surface area contributed by atoms with Crippen LogP contribution in [-0.2, 0) is 5.41 Å². The molecule has 1 atom stereocenters. The molecule has 4 heteroatoms. The average Bonchev–Trinajstić information content (AvgIpc) is 3.07. The van der Waals surface area contributed by atoms with Crippen LogP contribution in [0.25, 0.3) is 10.8 Å². The second-order valence-corrected chi connectivity index (χ2v) is 7.96. The molecule has 2 aliphatic heterocycles. The van der Waals surface area contributed by atoms with E-state index in [0.29, 0.717) is 0 Å². The van der Waals surface area contributed by atoms with Crippen LogP contribution in [-0.4, -0.2) is 24.7 Å². The molecular weight excluding hydrogens is 344 g/mol. The second kappa shape index (κ2) is 5.88. The van der Waals surface area contributed by atoms with Gasteiger partial charge >= 0.3 is 0 Å². The average molecular weight is 365 g/mol. The fraction of sp³-hybridized carbons (Fsp3) is 0.318. The number of halogens is 1. The van der Waals surface area contributed by atoms with Crippen LogP contribution in [0.1, 0.15) is 24.0 Å². The Morgan fingerprint density at radius 3 is 3.00 bits per heavy atom. The van der Waals surface area contributed by atoms with E-state index >= 15 is 0 Å². The van der Waals surface area contributed by atoms with Crippen molar-refractivity contribution < 1.29 is 4.74 Å². The summed E-state index contributed by atoms with van der Waals surface area (Å²) in [6, 6.07) is 12.5. The lowest BCUT2D eigenvalue weighted by atomic mass is 9.75. The summed E-state index contributed by atoms with van der Waals surface area (Å²) in [4.78, 5) is 7.00. The van der Waals surface area contributed by atoms with Crippen LogP contribution < -0.4 is 9.64 Å². The third-order valence-electron chi connectivity index (χ3n) is 6.02. The minimum atomic E-state index is 0.114. The summed E-state index contributed by atoms with van der Waals surface area (Å²) in [6.07, 6.45) is 6.13. The minimum Gasteiger partial charge on any atom is -0.493 e. The molecule has 132 valence electrons. The molecule has 26 heavy (non-hydrogen) atoms. The van der Waals surface area contributed by atoms with Crippen molar-refractivity contribution >= 4 is 28.1 Å². The molecule has 1 spiro atoms. The second-order valence-electron chi connectivity index (χ2n) is 7.52. The minimum absolute atomic E-state index is 0.114. The van der Waals surface area contributed by atoms with Gasteiger partial charge in [0.05, 0.1) is 18.5 Å². The third kappa shape index (κ3) is 2.38. The first-order valence-electron chi connectivity index (χ1n) is 9.17. The highest BCUT2D eigenvalue weighted by molar-refractivity contribution is 6.30. The van der Waals surface area contributed by atoms with Gasteiger partial charge in [0, 0.05) is 46.1 Å². The van der Waals surface area contributed by atoms with Crippen molar-refractivity contribution in [3.05, 3.63) is 64.9 Å². The SMILES string of the molecule is Cc1cccc2cncc(N3CCC4(CCOc5ccc(Cl)cc54)C3)c12. The highest BCUT2D eigenvalue weighted by Gasteiger charge is 2.44. The molecule has 3 nitrogen and oxygen atoms in total. The standard InChI is InChI=1S/C22H21ClN2O/c1-15-3-2-4-16-12-24-13-19(21(15)16)25-9-7-22(14-25)8-10-26-20-6-5-17(23)11-18(20)22/h2-6,11-13H,7-10,14H2,1H3. The number of anilines is 1. The summed E-state index contributed by atoms with van der Waals surface area (Å²) in [7, 11) is 0. The molecule has 1 unspecified atom stereocenters. The topological polar surface area (TPSA) is 25.4 Å². The van der Waals surface area contributed by atoms with Crippen LogP contribution in [0.3, 0.4) is 0 Å². The quantitative estimate of drug-likeness (QED) is 0.598. The summed E-state index contributed by atoms with van der Waals surface area (Å²) in [5.74, 6) is 0.995. The Labute approximate surface area is 158 Å². The normalized spacial score (nSPS) is 21.8. The molecule has 0 amide bonds. The molecule has 0 bridgehead atoms. The van der Waals surface area contributed by atoms with E-state index in [1.54, 1.807) is 0 Å². The highest BCUT2D eigenvalue weighted by Crippen LogP contribution is 2.47. The van der Waals surface area contributed by atoms with Crippen molar-refractivity contribution in [2.24, 2.45) is 0 Å². The van der Waals surface area contributed by atoms with Crippen LogP contribution >= 0.6 is 11.6 Å². The lowest BCUT2D eigenvalue weighted by molar-refractivity contribution is 0.224. The van der Waals surface area contributed by atoms with Crippen molar-refractivity contribution in [1.82, 2.24) is 4.98 Å². The predicted octanol–water partition coefficient (Wildman–Crippen LogP) is 5.13. The van der Waals surface area contributed by atoms with Crippen molar-refractivity contribution in [2.75, 3.05) is 24.6 Å². The van der Waals surface area contributed by atoms with Crippen molar-refractivity contribution in [1.29, 1.82) is 0 Å². The van der Waals surface area contributed by atoms with Gasteiger partial charge in [-0.05, 0) is 43.5 Å². The van der Waals surface area contributed by atoms with Gasteiger partial charge < -0.3 is 9.64 Å². The zero-order valence-corrected chi connectivity index (χ0v) is 15.6. The number of ether oxygens (including phenoxy) is 1. The number of pyridine rings is 1. The summed E-state index contributed by atoms with van der Waals surface area (Å²) < 4.78 is 5.91. The Hall–Kier alpha value is -2.26. The summed E-state index contributed by atoms with van der Waals surface area (Å²) in [6.45, 7) is 4.97. The van der Waals surface area contributed by atoms with Gasteiger partial charge in [0.25, 0.3) is 0 Å². The van der Waals surface area contributed by atoms with Gasteiger partial charge in [-0.25, -0.2) is 0 Å². The zero-order chi connectivity index (χ0) is 17.7. The van der Waals surface area contributed by atoms with Crippen molar-refractivity contribution in [3.8, 4) is 5.75 Å². The number of rotatable bonds is 1. The van der Waals surface area contributed by atoms with E-state index in [2.05, 4.69) is 41.1 Å². The van der Waals surface area contributed by atoms with E-state index in [4.69, 9.17) is 16.3 Å². The molecular formula is C22H21ClN2O. The monoisotopic (exact) mass is 364 g/mol. The number of aryl methyl sites for hydroxylation is 1. The largest absolute Gasteiger partial charge is 0.493 e. The molecule has 1 aromatic heterocycles. The predicted molar refractivity (Wildman–Crippen MR) is 107 cm³/mol. The fourth-order valence-electron chi connectivity index (χ4n) is 4.68. The van der Waals surface area contributed by atoms with E-state index in [1.807, 2.05) is 24.5 Å². The van der Waals surface area contributed by atoms with E-state index in [-0.39, 0.29) is 5.41 Å². The van der Waals surface area contributed by atoms with Gasteiger partial charge in [0.15, 0.2) is 0 Å². The molecule has 3 aromatic rings. The number of nitrogens with zero attached hydrogens (tertiary/aromatic N) is 2. The highest BCUT2D eigenvalue weighted by atomic mass is 35.5. The van der Waals surface area contributed by atoms with E-state index in [1.165, 1.54) is 27.6 Å². The molecule has 0 saturated carbocycles. The molecule has 2 aromatic carbocycles. The molecule has 0 N–H and O–H groups in total. The van der Waals surface area contributed by atoms with Crippen molar-refractivity contribution in [2.45, 2.75) is 25.2 Å².